The lowest BCUT2D eigenvalue weighted by Crippen LogP contribution is -2.44. The van der Waals surface area contributed by atoms with Crippen molar-refractivity contribution in [2.24, 2.45) is 28.5 Å². The summed E-state index contributed by atoms with van der Waals surface area (Å²) in [5, 5.41) is 0. The van der Waals surface area contributed by atoms with Gasteiger partial charge in [0.05, 0.1) is 0 Å². The lowest BCUT2D eigenvalue weighted by atomic mass is 9.78. The summed E-state index contributed by atoms with van der Waals surface area (Å²) in [6, 6.07) is 0. The zero-order valence-corrected chi connectivity index (χ0v) is 17.4. The Morgan fingerprint density at radius 3 is 2.50 bits per heavy atom. The number of hydrogen-bond acceptors (Lipinski definition) is 4. The molecule has 2 amide bonds. The lowest BCUT2D eigenvalue weighted by Gasteiger charge is -2.30. The van der Waals surface area contributed by atoms with Gasteiger partial charge in [0.2, 0.25) is 5.91 Å². The van der Waals surface area contributed by atoms with Gasteiger partial charge < -0.3 is 10.6 Å². The Kier molecular flexibility index (Phi) is 5.66. The fourth-order valence-corrected chi connectivity index (χ4v) is 5.48. The van der Waals surface area contributed by atoms with Gasteiger partial charge in [-0.2, -0.15) is 0 Å². The van der Waals surface area contributed by atoms with E-state index in [2.05, 4.69) is 0 Å². The summed E-state index contributed by atoms with van der Waals surface area (Å²) in [5.41, 5.74) is 5.36. The second-order valence-electron chi connectivity index (χ2n) is 9.75. The van der Waals surface area contributed by atoms with E-state index in [1.807, 2.05) is 4.90 Å². The molecule has 0 radical (unpaired) electrons. The molecule has 4 aliphatic rings. The molecule has 0 aromatic heterocycles. The minimum atomic E-state index is -0.698. The number of guanidine groups is 1. The van der Waals surface area contributed by atoms with Crippen LogP contribution in [0.5, 0.6) is 0 Å². The molecule has 0 spiro atoms. The number of carbonyl (C=O) groups is 2. The predicted octanol–water partition coefficient (Wildman–Crippen LogP) is 2.91. The molecule has 1 saturated heterocycles. The first-order valence-electron chi connectivity index (χ1n) is 11.4. The van der Waals surface area contributed by atoms with Crippen molar-refractivity contribution in [2.45, 2.75) is 82.6 Å². The molecule has 2 N–H and O–H groups in total. The molecule has 4 rings (SSSR count). The van der Waals surface area contributed by atoms with Crippen LogP contribution in [0.25, 0.3) is 0 Å². The largest absolute Gasteiger partial charge is 0.369 e. The number of nitrogens with zero attached hydrogens (tertiary/aromatic N) is 3. The van der Waals surface area contributed by atoms with Gasteiger partial charge in [0.25, 0.3) is 5.91 Å². The maximum absolute atomic E-state index is 13.1. The molecule has 156 valence electrons. The minimum Gasteiger partial charge on any atom is -0.369 e. The summed E-state index contributed by atoms with van der Waals surface area (Å²) in [6.45, 7) is 1.61. The number of nitrogens with two attached hydrogens (primary N) is 1. The molecule has 2 saturated carbocycles. The van der Waals surface area contributed by atoms with Crippen LogP contribution in [0, 0.1) is 17.8 Å². The number of hydrogen-bond donors (Lipinski definition) is 1. The molecule has 0 aromatic carbocycles. The van der Waals surface area contributed by atoms with Gasteiger partial charge in [-0.05, 0) is 56.3 Å². The smallest absolute Gasteiger partial charge is 0.257 e. The van der Waals surface area contributed by atoms with Gasteiger partial charge in [-0.3, -0.25) is 14.5 Å². The van der Waals surface area contributed by atoms with E-state index in [4.69, 9.17) is 10.7 Å². The van der Waals surface area contributed by atoms with E-state index < -0.39 is 5.54 Å². The van der Waals surface area contributed by atoms with Crippen LogP contribution in [0.1, 0.15) is 77.0 Å². The Balaban J connectivity index is 1.39. The highest BCUT2D eigenvalue weighted by Crippen LogP contribution is 2.39. The quantitative estimate of drug-likeness (QED) is 0.728. The van der Waals surface area contributed by atoms with Crippen molar-refractivity contribution >= 4 is 17.8 Å². The van der Waals surface area contributed by atoms with Crippen molar-refractivity contribution in [3.05, 3.63) is 0 Å². The normalized spacial score (nSPS) is 31.5. The van der Waals surface area contributed by atoms with Gasteiger partial charge in [0.15, 0.2) is 5.96 Å². The van der Waals surface area contributed by atoms with Crippen LogP contribution in [-0.2, 0) is 9.59 Å². The van der Waals surface area contributed by atoms with Crippen LogP contribution >= 0.6 is 0 Å². The van der Waals surface area contributed by atoms with Crippen LogP contribution in [0.3, 0.4) is 0 Å². The topological polar surface area (TPSA) is 79.0 Å². The van der Waals surface area contributed by atoms with Crippen LogP contribution in [0.4, 0.5) is 0 Å². The molecule has 0 bridgehead atoms. The molecule has 0 unspecified atom stereocenters. The third kappa shape index (κ3) is 4.20. The highest BCUT2D eigenvalue weighted by molar-refractivity contribution is 6.06. The number of carbonyl (C=O) groups excluding carboxylic acids is 2. The molecule has 2 aliphatic heterocycles. The molecule has 2 atom stereocenters. The number of rotatable bonds is 7. The molecular formula is C22H36N4O2. The first kappa shape index (κ1) is 19.7. The standard InChI is InChI=1S/C22H36N4O2/c1-25-20(28)22(24-21(25)23,11-9-16-5-3-2-4-6-16)14-18-10-12-26(15-18)19(27)13-17-7-8-17/h16-18H,2-15H2,1H3,(H2,23,24)/t18-,22+/m1/s1. The van der Waals surface area contributed by atoms with Gasteiger partial charge in [-0.1, -0.05) is 32.1 Å². The maximum atomic E-state index is 13.1. The second-order valence-corrected chi connectivity index (χ2v) is 9.75. The molecule has 6 heteroatoms. The first-order valence-corrected chi connectivity index (χ1v) is 11.4. The number of aliphatic imine (C=N–C) groups is 1. The molecule has 2 heterocycles. The van der Waals surface area contributed by atoms with E-state index in [0.29, 0.717) is 30.1 Å². The molecule has 6 nitrogen and oxygen atoms in total. The van der Waals surface area contributed by atoms with Crippen molar-refractivity contribution < 1.29 is 9.59 Å². The van der Waals surface area contributed by atoms with E-state index >= 15 is 0 Å². The summed E-state index contributed by atoms with van der Waals surface area (Å²) in [6.07, 6.45) is 13.3. The Morgan fingerprint density at radius 2 is 1.86 bits per heavy atom. The third-order valence-corrected chi connectivity index (χ3v) is 7.49. The van der Waals surface area contributed by atoms with E-state index in [1.54, 1.807) is 7.05 Å². The lowest BCUT2D eigenvalue weighted by molar-refractivity contribution is -0.131. The zero-order chi connectivity index (χ0) is 19.7. The SMILES string of the molecule is CN1C(=O)[C@](CCC2CCCCC2)(C[C@H]2CCN(C(=O)CC3CC3)C2)N=C1N. The van der Waals surface area contributed by atoms with Crippen LogP contribution in [-0.4, -0.2) is 53.2 Å². The number of likely N-dealkylation sites (N-methyl/N-ethyl adjacent to an activating group) is 1. The Labute approximate surface area is 168 Å². The fourth-order valence-electron chi connectivity index (χ4n) is 5.48. The van der Waals surface area contributed by atoms with Crippen molar-refractivity contribution in [3.63, 3.8) is 0 Å². The molecule has 2 aliphatic carbocycles. The van der Waals surface area contributed by atoms with E-state index in [1.165, 1.54) is 49.8 Å². The van der Waals surface area contributed by atoms with Crippen molar-refractivity contribution in [1.82, 2.24) is 9.80 Å². The Morgan fingerprint density at radius 1 is 1.11 bits per heavy atom. The zero-order valence-electron chi connectivity index (χ0n) is 17.4. The van der Waals surface area contributed by atoms with Crippen LogP contribution < -0.4 is 5.73 Å². The average Bonchev–Trinajstić information content (AvgIpc) is 3.34. The van der Waals surface area contributed by atoms with Gasteiger partial charge in [0.1, 0.15) is 5.54 Å². The van der Waals surface area contributed by atoms with Crippen LogP contribution in [0.2, 0.25) is 0 Å². The molecular weight excluding hydrogens is 352 g/mol. The van der Waals surface area contributed by atoms with E-state index in [0.717, 1.165) is 44.7 Å². The third-order valence-electron chi connectivity index (χ3n) is 7.49. The average molecular weight is 389 g/mol. The maximum Gasteiger partial charge on any atom is 0.257 e. The van der Waals surface area contributed by atoms with Crippen molar-refractivity contribution in [3.8, 4) is 0 Å². The summed E-state index contributed by atoms with van der Waals surface area (Å²) in [7, 11) is 1.74. The van der Waals surface area contributed by atoms with Gasteiger partial charge in [0, 0.05) is 26.6 Å². The second kappa shape index (κ2) is 8.03. The Hall–Kier alpha value is -1.59. The summed E-state index contributed by atoms with van der Waals surface area (Å²) in [5.74, 6) is 2.42. The van der Waals surface area contributed by atoms with Crippen LogP contribution in [0.15, 0.2) is 4.99 Å². The van der Waals surface area contributed by atoms with Gasteiger partial charge in [-0.15, -0.1) is 0 Å². The van der Waals surface area contributed by atoms with Gasteiger partial charge >= 0.3 is 0 Å². The summed E-state index contributed by atoms with van der Waals surface area (Å²) < 4.78 is 0. The molecule has 0 aromatic rings. The molecule has 3 fully saturated rings. The number of amides is 2. The highest BCUT2D eigenvalue weighted by Gasteiger charge is 2.48. The fraction of sp³-hybridized carbons (Fsp3) is 0.864. The predicted molar refractivity (Wildman–Crippen MR) is 110 cm³/mol. The van der Waals surface area contributed by atoms with Crippen molar-refractivity contribution in [2.75, 3.05) is 20.1 Å². The first-order chi connectivity index (χ1) is 13.5. The van der Waals surface area contributed by atoms with E-state index in [-0.39, 0.29) is 5.91 Å². The molecule has 28 heavy (non-hydrogen) atoms. The summed E-state index contributed by atoms with van der Waals surface area (Å²) in [4.78, 5) is 33.9. The number of likely N-dealkylation sites (tertiary alicyclic amines) is 1. The highest BCUT2D eigenvalue weighted by atomic mass is 16.2. The summed E-state index contributed by atoms with van der Waals surface area (Å²) >= 11 is 0. The van der Waals surface area contributed by atoms with E-state index in [9.17, 15) is 9.59 Å². The minimum absolute atomic E-state index is 0.0589. The van der Waals surface area contributed by atoms with Gasteiger partial charge in [-0.25, -0.2) is 4.99 Å². The van der Waals surface area contributed by atoms with Crippen molar-refractivity contribution in [1.29, 1.82) is 0 Å². The monoisotopic (exact) mass is 388 g/mol. The Bertz CT molecular complexity index is 638.